The van der Waals surface area contributed by atoms with Gasteiger partial charge in [-0.3, -0.25) is 19.4 Å². The zero-order valence-corrected chi connectivity index (χ0v) is 34.4. The Kier molecular flexibility index (Phi) is 9.12. The van der Waals surface area contributed by atoms with Crippen molar-refractivity contribution in [3.05, 3.63) is 70.9 Å². The summed E-state index contributed by atoms with van der Waals surface area (Å²) in [6, 6.07) is 10.8. The molecule has 2 saturated heterocycles. The number of esters is 3. The number of anilines is 1. The van der Waals surface area contributed by atoms with Crippen molar-refractivity contribution in [2.45, 2.75) is 99.5 Å². The highest BCUT2D eigenvalue weighted by molar-refractivity contribution is 5.95. The maximum atomic E-state index is 15.3. The first kappa shape index (κ1) is 39.1. The molecule has 58 heavy (non-hydrogen) atoms. The first-order chi connectivity index (χ1) is 27.8. The summed E-state index contributed by atoms with van der Waals surface area (Å²) in [6.45, 7) is 8.59. The Labute approximate surface area is 339 Å². The fraction of sp³-hybridized carbons (Fsp3) is 0.578. The molecule has 13 heteroatoms. The predicted molar refractivity (Wildman–Crippen MR) is 216 cm³/mol. The van der Waals surface area contributed by atoms with E-state index in [1.54, 1.807) is 7.11 Å². The summed E-state index contributed by atoms with van der Waals surface area (Å²) in [7, 11) is 4.25. The number of hydrogen-bond acceptors (Lipinski definition) is 12. The second-order valence-corrected chi connectivity index (χ2v) is 17.8. The Morgan fingerprint density at radius 1 is 0.966 bits per heavy atom. The number of fused-ring (bicyclic) bond motifs is 6. The quantitative estimate of drug-likeness (QED) is 0.155. The van der Waals surface area contributed by atoms with Crippen LogP contribution >= 0.6 is 0 Å². The minimum atomic E-state index is -2.31. The summed E-state index contributed by atoms with van der Waals surface area (Å²) in [5, 5.41) is 29.7. The fourth-order valence-corrected chi connectivity index (χ4v) is 13.0. The van der Waals surface area contributed by atoms with Gasteiger partial charge in [-0.1, -0.05) is 44.2 Å². The molecule has 310 valence electrons. The lowest BCUT2D eigenvalue weighted by Gasteiger charge is -2.62. The molecule has 1 spiro atoms. The SMILES string of the molecule is CC[C@@]1(O)C[C@H]2CN(CCc3c([nH]c4ccccc34)[C@@](C(=O)OC)(c3cc4c(cc3OC)N[C@H]3[C@@](O)(C(=O)OC)[C@H](OC(C)=O)[C@]5(CC)C=CCN6CC[C@]43[C@@H]65)C2)C1. The van der Waals surface area contributed by atoms with Gasteiger partial charge in [0.05, 0.1) is 33.0 Å². The van der Waals surface area contributed by atoms with Gasteiger partial charge in [0.15, 0.2) is 6.10 Å². The number of aliphatic hydroxyl groups is 2. The van der Waals surface area contributed by atoms with Gasteiger partial charge in [0.2, 0.25) is 5.60 Å². The Balaban J connectivity index is 1.34. The number of aromatic nitrogens is 1. The van der Waals surface area contributed by atoms with Crippen molar-refractivity contribution >= 4 is 34.5 Å². The summed E-state index contributed by atoms with van der Waals surface area (Å²) >= 11 is 0. The summed E-state index contributed by atoms with van der Waals surface area (Å²) in [5.41, 5.74) is -1.78. The van der Waals surface area contributed by atoms with Crippen molar-refractivity contribution in [1.82, 2.24) is 14.8 Å². The number of hydrogen-bond donors (Lipinski definition) is 4. The summed E-state index contributed by atoms with van der Waals surface area (Å²) in [5.74, 6) is -1.61. The van der Waals surface area contributed by atoms with E-state index in [1.807, 2.05) is 50.3 Å². The molecular weight excluding hydrogens is 741 g/mol. The summed E-state index contributed by atoms with van der Waals surface area (Å²) in [6.07, 6.45) is 5.90. The minimum absolute atomic E-state index is 0.0982. The molecule has 0 amide bonds. The second kappa shape index (κ2) is 13.6. The van der Waals surface area contributed by atoms with Crippen LogP contribution in [-0.2, 0) is 45.8 Å². The van der Waals surface area contributed by atoms with Gasteiger partial charge in [0, 0.05) is 83.9 Å². The monoisotopic (exact) mass is 796 g/mol. The Hall–Kier alpha value is -4.43. The van der Waals surface area contributed by atoms with Crippen LogP contribution in [0.3, 0.4) is 0 Å². The van der Waals surface area contributed by atoms with Gasteiger partial charge in [0.1, 0.15) is 11.2 Å². The molecule has 3 fully saturated rings. The van der Waals surface area contributed by atoms with Crippen molar-refractivity contribution in [2.75, 3.05) is 59.4 Å². The van der Waals surface area contributed by atoms with E-state index in [0.717, 1.165) is 27.7 Å². The van der Waals surface area contributed by atoms with Crippen molar-refractivity contribution < 1.29 is 43.5 Å². The van der Waals surface area contributed by atoms with Crippen LogP contribution < -0.4 is 10.1 Å². The molecule has 2 bridgehead atoms. The topological polar surface area (TPSA) is 163 Å². The lowest BCUT2D eigenvalue weighted by molar-refractivity contribution is -0.226. The molecule has 5 aliphatic heterocycles. The van der Waals surface area contributed by atoms with Gasteiger partial charge < -0.3 is 39.5 Å². The van der Waals surface area contributed by atoms with E-state index in [2.05, 4.69) is 32.2 Å². The van der Waals surface area contributed by atoms with Gasteiger partial charge in [-0.15, -0.1) is 0 Å². The molecule has 13 nitrogen and oxygen atoms in total. The fourth-order valence-electron chi connectivity index (χ4n) is 13.0. The molecule has 6 heterocycles. The standard InChI is InChI=1S/C45H56N4O9/c1-7-41(53)22-27-23-44(39(51)56-5,35-29(14-18-48(24-27)25-41)28-12-9-10-13-32(28)46-35)31-20-30-33(21-34(31)55-4)47-36-43(30)16-19-49-17-11-15-42(8-2,37(43)49)38(58-26(3)50)45(36,54)40(52)57-6/h9-13,15,20-21,27,36-38,46-47,53-54H,7-8,14,16-19,22-25H2,1-6H3/t27-,36-,37+,38-,41-,42-,43+,44+,45+/m1/s1. The van der Waals surface area contributed by atoms with Crippen molar-refractivity contribution in [3.63, 3.8) is 0 Å². The molecule has 1 aromatic heterocycles. The van der Waals surface area contributed by atoms with Crippen molar-refractivity contribution in [3.8, 4) is 5.75 Å². The normalized spacial score (nSPS) is 37.2. The van der Waals surface area contributed by atoms with Crippen LogP contribution in [0.2, 0.25) is 0 Å². The van der Waals surface area contributed by atoms with Gasteiger partial charge in [0.25, 0.3) is 0 Å². The smallest absolute Gasteiger partial charge is 0.344 e. The van der Waals surface area contributed by atoms with E-state index in [4.69, 9.17) is 18.9 Å². The van der Waals surface area contributed by atoms with E-state index in [0.29, 0.717) is 88.2 Å². The minimum Gasteiger partial charge on any atom is -0.496 e. The van der Waals surface area contributed by atoms with Crippen LogP contribution in [0.15, 0.2) is 48.6 Å². The number of ether oxygens (including phenoxy) is 4. The molecule has 0 radical (unpaired) electrons. The zero-order valence-electron chi connectivity index (χ0n) is 34.4. The molecular formula is C45H56N4O9. The summed E-state index contributed by atoms with van der Waals surface area (Å²) < 4.78 is 23.7. The van der Waals surface area contributed by atoms with E-state index in [1.165, 1.54) is 21.1 Å². The number of nitrogens with one attached hydrogen (secondary N) is 2. The largest absolute Gasteiger partial charge is 0.496 e. The maximum Gasteiger partial charge on any atom is 0.344 e. The van der Waals surface area contributed by atoms with E-state index in [9.17, 15) is 19.8 Å². The highest BCUT2D eigenvalue weighted by Crippen LogP contribution is 2.67. The highest BCUT2D eigenvalue weighted by atomic mass is 16.6. The molecule has 1 aliphatic carbocycles. The Morgan fingerprint density at radius 3 is 2.45 bits per heavy atom. The highest BCUT2D eigenvalue weighted by Gasteiger charge is 2.79. The number of nitrogens with zero attached hydrogens (tertiary/aromatic N) is 2. The number of aromatic amines is 1. The second-order valence-electron chi connectivity index (χ2n) is 17.8. The first-order valence-electron chi connectivity index (χ1n) is 20.8. The average Bonchev–Trinajstić information content (AvgIpc) is 3.92. The lowest BCUT2D eigenvalue weighted by Crippen LogP contribution is -2.80. The molecule has 4 N–H and O–H groups in total. The molecule has 2 aromatic carbocycles. The van der Waals surface area contributed by atoms with Crippen LogP contribution in [0.5, 0.6) is 5.75 Å². The number of rotatable bonds is 7. The van der Waals surface area contributed by atoms with Gasteiger partial charge in [-0.05, 0) is 74.2 Å². The first-order valence-corrected chi connectivity index (χ1v) is 20.8. The van der Waals surface area contributed by atoms with Crippen molar-refractivity contribution in [2.24, 2.45) is 11.3 Å². The number of benzene rings is 2. The molecule has 6 aliphatic rings. The molecule has 1 saturated carbocycles. The number of para-hydroxylation sites is 1. The average molecular weight is 797 g/mol. The van der Waals surface area contributed by atoms with Gasteiger partial charge >= 0.3 is 17.9 Å². The molecule has 10 atom stereocenters. The maximum absolute atomic E-state index is 15.3. The number of carbonyl (C=O) groups is 3. The Bertz CT molecular complexity index is 2220. The Morgan fingerprint density at radius 2 is 1.74 bits per heavy atom. The third-order valence-electron chi connectivity index (χ3n) is 15.2. The third-order valence-corrected chi connectivity index (χ3v) is 15.2. The van der Waals surface area contributed by atoms with E-state index in [-0.39, 0.29) is 12.0 Å². The van der Waals surface area contributed by atoms with Gasteiger partial charge in [-0.25, -0.2) is 4.79 Å². The van der Waals surface area contributed by atoms with Crippen LogP contribution in [0, 0.1) is 11.3 Å². The lowest BCUT2D eigenvalue weighted by atomic mass is 9.47. The van der Waals surface area contributed by atoms with Crippen molar-refractivity contribution in [1.29, 1.82) is 0 Å². The van der Waals surface area contributed by atoms with E-state index >= 15 is 4.79 Å². The van der Waals surface area contributed by atoms with Crippen LogP contribution in [0.4, 0.5) is 5.69 Å². The number of H-pyrrole nitrogens is 1. The van der Waals surface area contributed by atoms with Crippen LogP contribution in [0.25, 0.3) is 10.9 Å². The molecule has 9 rings (SSSR count). The van der Waals surface area contributed by atoms with E-state index < -0.39 is 57.5 Å². The molecule has 3 aromatic rings. The number of carbonyl (C=O) groups excluding carboxylic acids is 3. The third kappa shape index (κ3) is 5.05. The molecule has 1 unspecified atom stereocenters. The van der Waals surface area contributed by atoms with Crippen LogP contribution in [0.1, 0.15) is 75.3 Å². The summed E-state index contributed by atoms with van der Waals surface area (Å²) in [4.78, 5) is 50.9. The van der Waals surface area contributed by atoms with Crippen LogP contribution in [-0.4, -0.2) is 126 Å². The van der Waals surface area contributed by atoms with Gasteiger partial charge in [-0.2, -0.15) is 0 Å². The zero-order chi connectivity index (χ0) is 41.0. The number of piperidine rings is 1. The predicted octanol–water partition coefficient (Wildman–Crippen LogP) is 3.97. The number of methoxy groups -OCH3 is 3.